The van der Waals surface area contributed by atoms with Gasteiger partial charge >= 0.3 is 0 Å². The summed E-state index contributed by atoms with van der Waals surface area (Å²) in [6.07, 6.45) is 3.02. The maximum absolute atomic E-state index is 14.0. The number of hydroxylamine groups is 1. The largest absolute Gasteiger partial charge is 0.391 e. The molecule has 8 heteroatoms. The number of aliphatic hydroxyl groups excluding tert-OH is 1. The van der Waals surface area contributed by atoms with Crippen molar-refractivity contribution in [3.8, 4) is 0 Å². The lowest BCUT2D eigenvalue weighted by molar-refractivity contribution is -0.123. The first-order valence-corrected chi connectivity index (χ1v) is 14.9. The van der Waals surface area contributed by atoms with Crippen molar-refractivity contribution < 1.29 is 23.5 Å². The highest BCUT2D eigenvalue weighted by Gasteiger charge is 2.37. The normalized spacial score (nSPS) is 18.4. The summed E-state index contributed by atoms with van der Waals surface area (Å²) in [4.78, 5) is 18.9. The van der Waals surface area contributed by atoms with E-state index < -0.39 is 35.1 Å². The smallest absolute Gasteiger partial charge is 0.230 e. The van der Waals surface area contributed by atoms with E-state index in [4.69, 9.17) is 4.84 Å². The minimum Gasteiger partial charge on any atom is -0.391 e. The Bertz CT molecular complexity index is 1390. The first kappa shape index (κ1) is 32.3. The fraction of sp³-hybridized carbons (Fsp3) is 0.400. The minimum atomic E-state index is -1.15. The van der Waals surface area contributed by atoms with Gasteiger partial charge in [-0.1, -0.05) is 69.3 Å². The maximum atomic E-state index is 14.0. The van der Waals surface area contributed by atoms with E-state index in [0.717, 1.165) is 30.2 Å². The third-order valence-corrected chi connectivity index (χ3v) is 8.02. The Kier molecular flexibility index (Phi) is 10.7. The van der Waals surface area contributed by atoms with Crippen LogP contribution in [0, 0.1) is 17.6 Å². The molecule has 1 aliphatic rings. The lowest BCUT2D eigenvalue weighted by Gasteiger charge is -2.40. The Morgan fingerprint density at radius 3 is 2.37 bits per heavy atom. The molecule has 3 atom stereocenters. The van der Waals surface area contributed by atoms with Crippen molar-refractivity contribution >= 4 is 11.6 Å². The predicted molar refractivity (Wildman–Crippen MR) is 166 cm³/mol. The number of carbonyl (C=O) groups excluding carboxylic acids is 1. The van der Waals surface area contributed by atoms with Crippen LogP contribution in [-0.2, 0) is 27.0 Å². The van der Waals surface area contributed by atoms with Crippen molar-refractivity contribution in [1.29, 1.82) is 0 Å². The molecule has 230 valence electrons. The standard InChI is InChI=1S/C35H43F2N3O3/c1-5-43-40-30-14-16-35(17-15-30,26-11-9-10-25(21-26)34(2,3)4)38-23-32(41)31(20-24-18-27(36)22-28(37)19-24)33(42)39-29-12-7-6-8-13-29/h6-14,18-19,21-22,31-32,38,40-41H,5,15-17,20,23H2,1-4H3,(H,39,42). The van der Waals surface area contributed by atoms with E-state index in [-0.39, 0.29) is 18.4 Å². The van der Waals surface area contributed by atoms with E-state index in [1.165, 1.54) is 17.7 Å². The fourth-order valence-electron chi connectivity index (χ4n) is 5.50. The highest BCUT2D eigenvalue weighted by atomic mass is 19.1. The number of carbonyl (C=O) groups is 1. The molecule has 0 spiro atoms. The summed E-state index contributed by atoms with van der Waals surface area (Å²) in [5.41, 5.74) is 6.62. The second-order valence-corrected chi connectivity index (χ2v) is 12.3. The molecule has 4 rings (SSSR count). The summed E-state index contributed by atoms with van der Waals surface area (Å²) >= 11 is 0. The molecule has 3 unspecified atom stereocenters. The van der Waals surface area contributed by atoms with Gasteiger partial charge in [-0.2, -0.15) is 0 Å². The van der Waals surface area contributed by atoms with Gasteiger partial charge < -0.3 is 15.7 Å². The lowest BCUT2D eigenvalue weighted by Crippen LogP contribution is -2.50. The number of para-hydroxylation sites is 1. The Morgan fingerprint density at radius 1 is 1.02 bits per heavy atom. The third-order valence-electron chi connectivity index (χ3n) is 8.02. The van der Waals surface area contributed by atoms with Gasteiger partial charge in [0, 0.05) is 29.5 Å². The van der Waals surface area contributed by atoms with Crippen LogP contribution in [0.15, 0.2) is 84.6 Å². The molecule has 6 nitrogen and oxygen atoms in total. The van der Waals surface area contributed by atoms with Crippen LogP contribution in [0.5, 0.6) is 0 Å². The number of anilines is 1. The van der Waals surface area contributed by atoms with Gasteiger partial charge in [0.1, 0.15) is 11.6 Å². The number of amides is 1. The molecule has 0 bridgehead atoms. The number of rotatable bonds is 12. The van der Waals surface area contributed by atoms with Crippen molar-refractivity contribution in [3.63, 3.8) is 0 Å². The quantitative estimate of drug-likeness (QED) is 0.181. The number of nitrogens with one attached hydrogen (secondary N) is 3. The topological polar surface area (TPSA) is 82.6 Å². The molecule has 3 aromatic carbocycles. The number of benzene rings is 3. The Morgan fingerprint density at radius 2 is 1.74 bits per heavy atom. The molecule has 43 heavy (non-hydrogen) atoms. The molecule has 1 amide bonds. The van der Waals surface area contributed by atoms with Crippen LogP contribution in [0.1, 0.15) is 63.6 Å². The molecule has 0 aromatic heterocycles. The van der Waals surface area contributed by atoms with Crippen molar-refractivity contribution in [1.82, 2.24) is 10.8 Å². The van der Waals surface area contributed by atoms with Gasteiger partial charge in [-0.3, -0.25) is 15.1 Å². The molecule has 0 saturated carbocycles. The van der Waals surface area contributed by atoms with Crippen molar-refractivity contribution in [2.75, 3.05) is 18.5 Å². The average molecular weight is 592 g/mol. The van der Waals surface area contributed by atoms with E-state index in [0.29, 0.717) is 24.3 Å². The van der Waals surface area contributed by atoms with Crippen molar-refractivity contribution in [2.45, 2.75) is 70.4 Å². The van der Waals surface area contributed by atoms with Gasteiger partial charge in [-0.05, 0) is 79.0 Å². The molecule has 3 aromatic rings. The summed E-state index contributed by atoms with van der Waals surface area (Å²) in [6, 6.07) is 20.6. The first-order chi connectivity index (χ1) is 20.5. The zero-order chi connectivity index (χ0) is 31.0. The fourth-order valence-corrected chi connectivity index (χ4v) is 5.50. The molecular weight excluding hydrogens is 548 g/mol. The van der Waals surface area contributed by atoms with Crippen molar-refractivity contribution in [3.05, 3.63) is 113 Å². The predicted octanol–water partition coefficient (Wildman–Crippen LogP) is 6.51. The molecule has 0 aliphatic heterocycles. The van der Waals surface area contributed by atoms with Crippen LogP contribution < -0.4 is 16.1 Å². The first-order valence-electron chi connectivity index (χ1n) is 14.9. The van der Waals surface area contributed by atoms with Gasteiger partial charge in [0.25, 0.3) is 0 Å². The number of hydrogen-bond donors (Lipinski definition) is 4. The van der Waals surface area contributed by atoms with E-state index in [1.54, 1.807) is 24.3 Å². The Labute approximate surface area is 253 Å². The second kappa shape index (κ2) is 14.3. The highest BCUT2D eigenvalue weighted by Crippen LogP contribution is 2.38. The number of aliphatic hydroxyl groups is 1. The molecule has 0 saturated heterocycles. The molecule has 1 aliphatic carbocycles. The molecule has 0 heterocycles. The van der Waals surface area contributed by atoms with E-state index in [2.05, 4.69) is 67.2 Å². The summed E-state index contributed by atoms with van der Waals surface area (Å²) < 4.78 is 28.1. The van der Waals surface area contributed by atoms with Gasteiger partial charge in [0.05, 0.1) is 18.6 Å². The van der Waals surface area contributed by atoms with Crippen LogP contribution in [-0.4, -0.2) is 30.3 Å². The van der Waals surface area contributed by atoms with Gasteiger partial charge in [-0.25, -0.2) is 8.78 Å². The molecule has 0 fully saturated rings. The van der Waals surface area contributed by atoms with E-state index >= 15 is 0 Å². The SMILES string of the molecule is CCONC1=CCC(NCC(O)C(Cc2cc(F)cc(F)c2)C(=O)Nc2ccccc2)(c2cccc(C(C)(C)C)c2)CC1. The average Bonchev–Trinajstić information content (AvgIpc) is 2.98. The van der Waals surface area contributed by atoms with Gasteiger partial charge in [0.15, 0.2) is 0 Å². The second-order valence-electron chi connectivity index (χ2n) is 12.3. The Balaban J connectivity index is 1.61. The van der Waals surface area contributed by atoms with Crippen LogP contribution in [0.4, 0.5) is 14.5 Å². The monoisotopic (exact) mass is 591 g/mol. The summed E-state index contributed by atoms with van der Waals surface area (Å²) in [5.74, 6) is -2.86. The number of hydrogen-bond acceptors (Lipinski definition) is 5. The van der Waals surface area contributed by atoms with Crippen LogP contribution in [0.25, 0.3) is 0 Å². The lowest BCUT2D eigenvalue weighted by atomic mass is 9.76. The maximum Gasteiger partial charge on any atom is 0.230 e. The zero-order valence-corrected chi connectivity index (χ0v) is 25.4. The number of allylic oxidation sites excluding steroid dienone is 1. The molecule has 4 N–H and O–H groups in total. The molecule has 0 radical (unpaired) electrons. The van der Waals surface area contributed by atoms with E-state index in [9.17, 15) is 18.7 Å². The Hall–Kier alpha value is -3.59. The summed E-state index contributed by atoms with van der Waals surface area (Å²) in [5, 5.41) is 18.0. The summed E-state index contributed by atoms with van der Waals surface area (Å²) in [7, 11) is 0. The van der Waals surface area contributed by atoms with Crippen LogP contribution >= 0.6 is 0 Å². The van der Waals surface area contributed by atoms with Gasteiger partial charge in [-0.15, -0.1) is 0 Å². The number of halogens is 2. The van der Waals surface area contributed by atoms with Crippen LogP contribution in [0.3, 0.4) is 0 Å². The minimum absolute atomic E-state index is 0.0367. The molecular formula is C35H43F2N3O3. The summed E-state index contributed by atoms with van der Waals surface area (Å²) in [6.45, 7) is 9.07. The third kappa shape index (κ3) is 8.72. The van der Waals surface area contributed by atoms with E-state index in [1.807, 2.05) is 13.0 Å². The van der Waals surface area contributed by atoms with Crippen molar-refractivity contribution in [2.24, 2.45) is 5.92 Å². The van der Waals surface area contributed by atoms with Crippen LogP contribution in [0.2, 0.25) is 0 Å². The zero-order valence-electron chi connectivity index (χ0n) is 25.4. The van der Waals surface area contributed by atoms with Gasteiger partial charge in [0.2, 0.25) is 5.91 Å². The highest BCUT2D eigenvalue weighted by molar-refractivity contribution is 5.93.